The van der Waals surface area contributed by atoms with Gasteiger partial charge in [-0.05, 0) is 24.6 Å². The molecule has 0 radical (unpaired) electrons. The smallest absolute Gasteiger partial charge is 0.344 e. The molecule has 7 nitrogen and oxygen atoms in total. The number of hydrogen-bond acceptors (Lipinski definition) is 7. The predicted molar refractivity (Wildman–Crippen MR) is 90.9 cm³/mol. The third kappa shape index (κ3) is 4.05. The molecule has 1 heterocycles. The fourth-order valence-electron chi connectivity index (χ4n) is 2.25. The molecule has 7 heteroatoms. The topological polar surface area (TPSA) is 98.2 Å². The zero-order valence-corrected chi connectivity index (χ0v) is 14.0. The lowest BCUT2D eigenvalue weighted by molar-refractivity contribution is -0.148. The fraction of sp³-hybridized carbons (Fsp3) is 0.158. The molecule has 26 heavy (non-hydrogen) atoms. The van der Waals surface area contributed by atoms with E-state index in [0.717, 1.165) is 11.1 Å². The van der Waals surface area contributed by atoms with Crippen LogP contribution in [0.2, 0.25) is 0 Å². The number of hydrogen-bond donors (Lipinski definition) is 0. The summed E-state index contributed by atoms with van der Waals surface area (Å²) in [5, 5.41) is 12.9. The number of nitriles is 1. The van der Waals surface area contributed by atoms with Crippen LogP contribution in [0, 0.1) is 18.3 Å². The maximum Gasteiger partial charge on any atom is 0.344 e. The molecule has 2 aromatic carbocycles. The first-order valence-electron chi connectivity index (χ1n) is 7.83. The van der Waals surface area contributed by atoms with Crippen LogP contribution in [0.1, 0.15) is 17.0 Å². The van der Waals surface area contributed by atoms with Gasteiger partial charge in [0.15, 0.2) is 13.2 Å². The molecule has 0 fully saturated rings. The number of nitrogens with zero attached hydrogens (tertiary/aromatic N) is 3. The van der Waals surface area contributed by atoms with E-state index in [0.29, 0.717) is 17.1 Å². The maximum absolute atomic E-state index is 11.8. The van der Waals surface area contributed by atoms with Gasteiger partial charge in [-0.1, -0.05) is 41.6 Å². The van der Waals surface area contributed by atoms with Crippen LogP contribution >= 0.6 is 0 Å². The van der Waals surface area contributed by atoms with E-state index < -0.39 is 5.97 Å². The molecular formula is C19H15N3O4. The van der Waals surface area contributed by atoms with Crippen molar-refractivity contribution < 1.29 is 18.8 Å². The standard InChI is InChI=1S/C19H15N3O4/c1-13-6-2-4-8-15(13)19-21-17(26-22-19)11-25-18(23)12-24-16-9-5-3-7-14(16)10-20/h2-9H,11-12H2,1H3. The minimum Gasteiger partial charge on any atom is -0.481 e. The summed E-state index contributed by atoms with van der Waals surface area (Å²) < 4.78 is 15.5. The molecule has 3 aromatic rings. The molecule has 0 amide bonds. The summed E-state index contributed by atoms with van der Waals surface area (Å²) in [5.41, 5.74) is 2.21. The molecule has 3 rings (SSSR count). The zero-order chi connectivity index (χ0) is 18.4. The van der Waals surface area contributed by atoms with Gasteiger partial charge >= 0.3 is 5.97 Å². The summed E-state index contributed by atoms with van der Waals surface area (Å²) in [6, 6.07) is 16.3. The Morgan fingerprint density at radius 3 is 2.77 bits per heavy atom. The van der Waals surface area contributed by atoms with Gasteiger partial charge in [0.2, 0.25) is 5.82 Å². The third-order valence-corrected chi connectivity index (χ3v) is 3.56. The van der Waals surface area contributed by atoms with Crippen molar-refractivity contribution >= 4 is 5.97 Å². The summed E-state index contributed by atoms with van der Waals surface area (Å²) >= 11 is 0. The molecule has 0 atom stereocenters. The SMILES string of the molecule is Cc1ccccc1-c1noc(COC(=O)COc2ccccc2C#N)n1. The van der Waals surface area contributed by atoms with E-state index in [1.54, 1.807) is 24.3 Å². The van der Waals surface area contributed by atoms with Crippen molar-refractivity contribution in [3.05, 3.63) is 65.5 Å². The molecule has 0 spiro atoms. The Hall–Kier alpha value is -3.66. The van der Waals surface area contributed by atoms with Crippen molar-refractivity contribution in [3.63, 3.8) is 0 Å². The normalized spacial score (nSPS) is 10.2. The van der Waals surface area contributed by atoms with Gasteiger partial charge in [0.25, 0.3) is 5.89 Å². The summed E-state index contributed by atoms with van der Waals surface area (Å²) in [6.45, 7) is 1.47. The van der Waals surface area contributed by atoms with Crippen LogP contribution in [0.5, 0.6) is 5.75 Å². The Morgan fingerprint density at radius 1 is 1.19 bits per heavy atom. The Balaban J connectivity index is 1.54. The molecule has 0 N–H and O–H groups in total. The minimum atomic E-state index is -0.603. The van der Waals surface area contributed by atoms with Crippen molar-refractivity contribution in [1.82, 2.24) is 10.1 Å². The van der Waals surface area contributed by atoms with Crippen molar-refractivity contribution in [2.45, 2.75) is 13.5 Å². The van der Waals surface area contributed by atoms with Crippen LogP contribution < -0.4 is 4.74 Å². The highest BCUT2D eigenvalue weighted by atomic mass is 16.6. The van der Waals surface area contributed by atoms with Crippen LogP contribution in [0.3, 0.4) is 0 Å². The van der Waals surface area contributed by atoms with Crippen LogP contribution in [-0.2, 0) is 16.1 Å². The number of benzene rings is 2. The quantitative estimate of drug-likeness (QED) is 0.631. The maximum atomic E-state index is 11.8. The first-order chi connectivity index (χ1) is 12.7. The van der Waals surface area contributed by atoms with E-state index >= 15 is 0 Å². The molecule has 0 unspecified atom stereocenters. The second-order valence-corrected chi connectivity index (χ2v) is 5.38. The first kappa shape index (κ1) is 17.2. The Morgan fingerprint density at radius 2 is 1.96 bits per heavy atom. The molecular weight excluding hydrogens is 334 g/mol. The van der Waals surface area contributed by atoms with Gasteiger partial charge in [-0.2, -0.15) is 10.2 Å². The lowest BCUT2D eigenvalue weighted by Gasteiger charge is -2.06. The number of esters is 1. The number of aryl methyl sites for hydroxylation is 1. The highest BCUT2D eigenvalue weighted by Crippen LogP contribution is 2.20. The minimum absolute atomic E-state index is 0.152. The lowest BCUT2D eigenvalue weighted by Crippen LogP contribution is -2.15. The molecule has 0 bridgehead atoms. The van der Waals surface area contributed by atoms with Crippen LogP contribution in [0.25, 0.3) is 11.4 Å². The fourth-order valence-corrected chi connectivity index (χ4v) is 2.25. The number of ether oxygens (including phenoxy) is 2. The van der Waals surface area contributed by atoms with Crippen LogP contribution in [0.15, 0.2) is 53.1 Å². The van der Waals surface area contributed by atoms with E-state index in [4.69, 9.17) is 19.3 Å². The van der Waals surface area contributed by atoms with Crippen molar-refractivity contribution in [2.24, 2.45) is 0 Å². The summed E-state index contributed by atoms with van der Waals surface area (Å²) in [5.74, 6) is 0.349. The predicted octanol–water partition coefficient (Wildman–Crippen LogP) is 3.04. The highest BCUT2D eigenvalue weighted by molar-refractivity contribution is 5.71. The van der Waals surface area contributed by atoms with E-state index in [1.807, 2.05) is 37.3 Å². The summed E-state index contributed by atoms with van der Waals surface area (Å²) in [7, 11) is 0. The number of carbonyl (C=O) groups is 1. The van der Waals surface area contributed by atoms with E-state index in [2.05, 4.69) is 10.1 Å². The Bertz CT molecular complexity index is 959. The number of rotatable bonds is 6. The Labute approximate surface area is 149 Å². The van der Waals surface area contributed by atoms with Crippen LogP contribution in [0.4, 0.5) is 0 Å². The highest BCUT2D eigenvalue weighted by Gasteiger charge is 2.13. The average Bonchev–Trinajstić information content (AvgIpc) is 3.14. The van der Waals surface area contributed by atoms with Gasteiger partial charge in [-0.3, -0.25) is 0 Å². The Kier molecular flexibility index (Phi) is 5.25. The van der Waals surface area contributed by atoms with E-state index in [1.165, 1.54) is 0 Å². The first-order valence-corrected chi connectivity index (χ1v) is 7.83. The molecule has 1 aromatic heterocycles. The second-order valence-electron chi connectivity index (χ2n) is 5.38. The van der Waals surface area contributed by atoms with Crippen molar-refractivity contribution in [1.29, 1.82) is 5.26 Å². The van der Waals surface area contributed by atoms with E-state index in [-0.39, 0.29) is 19.1 Å². The third-order valence-electron chi connectivity index (χ3n) is 3.56. The average molecular weight is 349 g/mol. The summed E-state index contributed by atoms with van der Waals surface area (Å²) in [6.07, 6.45) is 0. The van der Waals surface area contributed by atoms with Gasteiger partial charge in [-0.25, -0.2) is 4.79 Å². The van der Waals surface area contributed by atoms with Gasteiger partial charge in [0.1, 0.15) is 11.8 Å². The molecule has 0 aliphatic carbocycles. The van der Waals surface area contributed by atoms with Gasteiger partial charge in [0.05, 0.1) is 5.56 Å². The van der Waals surface area contributed by atoms with Gasteiger partial charge < -0.3 is 14.0 Å². The number of para-hydroxylation sites is 1. The lowest BCUT2D eigenvalue weighted by atomic mass is 10.1. The van der Waals surface area contributed by atoms with Crippen molar-refractivity contribution in [2.75, 3.05) is 6.61 Å². The van der Waals surface area contributed by atoms with E-state index in [9.17, 15) is 4.79 Å². The second kappa shape index (κ2) is 7.94. The van der Waals surface area contributed by atoms with Crippen molar-refractivity contribution in [3.8, 4) is 23.2 Å². The number of aromatic nitrogens is 2. The van der Waals surface area contributed by atoms with Crippen LogP contribution in [-0.4, -0.2) is 22.7 Å². The molecule has 0 saturated heterocycles. The molecule has 0 aliphatic heterocycles. The summed E-state index contributed by atoms with van der Waals surface area (Å²) in [4.78, 5) is 16.0. The largest absolute Gasteiger partial charge is 0.481 e. The van der Waals surface area contributed by atoms with Gasteiger partial charge in [0, 0.05) is 5.56 Å². The zero-order valence-electron chi connectivity index (χ0n) is 14.0. The van der Waals surface area contributed by atoms with Gasteiger partial charge in [-0.15, -0.1) is 0 Å². The molecule has 0 aliphatic rings. The number of carbonyl (C=O) groups excluding carboxylic acids is 1. The molecule has 130 valence electrons. The molecule has 0 saturated carbocycles. The monoisotopic (exact) mass is 349 g/mol.